The van der Waals surface area contributed by atoms with Crippen LogP contribution in [0.3, 0.4) is 0 Å². The molecule has 0 fully saturated rings. The molecule has 16 heavy (non-hydrogen) atoms. The zero-order chi connectivity index (χ0) is 12.5. The van der Waals surface area contributed by atoms with E-state index in [9.17, 15) is 0 Å². The Bertz CT molecular complexity index is 84.7. The van der Waals surface area contributed by atoms with Crippen molar-refractivity contribution >= 4 is 0 Å². The summed E-state index contributed by atoms with van der Waals surface area (Å²) >= 11 is 0. The van der Waals surface area contributed by atoms with E-state index in [2.05, 4.69) is 19.7 Å². The average molecular weight is 231 g/mol. The molecule has 0 amide bonds. The first-order valence-corrected chi connectivity index (χ1v) is 7.17. The van der Waals surface area contributed by atoms with E-state index in [0.29, 0.717) is 0 Å². The summed E-state index contributed by atoms with van der Waals surface area (Å²) in [6.45, 7) is 4.57. The molecule has 0 saturated heterocycles. The average Bonchev–Trinajstić information content (AvgIpc) is 2.34. The molecule has 2 heteroatoms. The van der Waals surface area contributed by atoms with E-state index in [1.807, 2.05) is 0 Å². The second-order valence-corrected chi connectivity index (χ2v) is 4.54. The molecule has 0 bridgehead atoms. The van der Waals surface area contributed by atoms with Crippen LogP contribution in [0.4, 0.5) is 0 Å². The van der Waals surface area contributed by atoms with E-state index >= 15 is 0 Å². The number of nitrogens with two attached hydrogens (primary N) is 1. The first kappa shape index (κ1) is 18.3. The molecule has 0 atom stereocenters. The first-order chi connectivity index (χ1) is 7.91. The Hall–Kier alpha value is -0.0800. The third-order valence-electron chi connectivity index (χ3n) is 2.96. The molecule has 100 valence electrons. The highest BCUT2D eigenvalue weighted by Gasteiger charge is 1.91. The normalized spacial score (nSPS) is 9.75. The summed E-state index contributed by atoms with van der Waals surface area (Å²) in [7, 11) is 0. The fraction of sp³-hybridized carbons (Fsp3) is 1.00. The van der Waals surface area contributed by atoms with Crippen molar-refractivity contribution in [3.8, 4) is 0 Å². The van der Waals surface area contributed by atoms with Crippen LogP contribution in [-0.2, 0) is 0 Å². The Kier molecular flexibility index (Phi) is 23.3. The van der Waals surface area contributed by atoms with Gasteiger partial charge in [0.25, 0.3) is 0 Å². The molecule has 0 aromatic rings. The van der Waals surface area contributed by atoms with Crippen LogP contribution >= 0.6 is 0 Å². The van der Waals surface area contributed by atoms with Crippen molar-refractivity contribution in [2.75, 3.05) is 0 Å². The number of hydrogen-bond donors (Lipinski definition) is 2. The van der Waals surface area contributed by atoms with Gasteiger partial charge in [0, 0.05) is 0 Å². The van der Waals surface area contributed by atoms with Crippen LogP contribution in [0.25, 0.3) is 0 Å². The summed E-state index contributed by atoms with van der Waals surface area (Å²) in [6, 6.07) is 0. The minimum Gasteiger partial charge on any atom is -0.320 e. The number of rotatable bonds is 11. The summed E-state index contributed by atoms with van der Waals surface area (Å²) in [5.41, 5.74) is 0. The van der Waals surface area contributed by atoms with Crippen molar-refractivity contribution in [3.63, 3.8) is 0 Å². The van der Waals surface area contributed by atoms with Gasteiger partial charge in [-0.05, 0) is 0 Å². The molecule has 2 nitrogen and oxygen atoms in total. The highest BCUT2D eigenvalue weighted by atomic mass is 16.4. The van der Waals surface area contributed by atoms with Crippen LogP contribution in [-0.4, -0.2) is 5.21 Å². The quantitative estimate of drug-likeness (QED) is 0.386. The zero-order valence-electron chi connectivity index (χ0n) is 11.5. The van der Waals surface area contributed by atoms with Crippen LogP contribution in [0.2, 0.25) is 0 Å². The topological polar surface area (TPSA) is 46.2 Å². The lowest BCUT2D eigenvalue weighted by atomic mass is 10.1. The molecule has 0 rings (SSSR count). The van der Waals surface area contributed by atoms with Crippen molar-refractivity contribution < 1.29 is 5.21 Å². The van der Waals surface area contributed by atoms with Gasteiger partial charge in [0.1, 0.15) is 0 Å². The third kappa shape index (κ3) is 19.5. The molecule has 0 aliphatic carbocycles. The van der Waals surface area contributed by atoms with Gasteiger partial charge in [0.15, 0.2) is 0 Å². The maximum Gasteiger partial charge on any atom is -0.0533 e. The minimum atomic E-state index is 1.37. The predicted molar refractivity (Wildman–Crippen MR) is 72.7 cm³/mol. The lowest BCUT2D eigenvalue weighted by Crippen LogP contribution is -1.81. The Morgan fingerprint density at radius 1 is 0.500 bits per heavy atom. The van der Waals surface area contributed by atoms with E-state index < -0.39 is 0 Å². The van der Waals surface area contributed by atoms with Crippen LogP contribution in [0, 0.1) is 0 Å². The maximum absolute atomic E-state index is 6.50. The molecular weight excluding hydrogens is 198 g/mol. The Morgan fingerprint density at radius 3 is 0.875 bits per heavy atom. The predicted octanol–water partition coefficient (Wildman–Crippen LogP) is 5.04. The van der Waals surface area contributed by atoms with Crippen molar-refractivity contribution in [2.45, 2.75) is 90.9 Å². The second kappa shape index (κ2) is 20.3. The SMILES string of the molecule is CCCCCCCCCCCCCC.NO. The smallest absolute Gasteiger partial charge is 0.0533 e. The van der Waals surface area contributed by atoms with E-state index in [0.717, 1.165) is 0 Å². The van der Waals surface area contributed by atoms with Crippen LogP contribution in [0.5, 0.6) is 0 Å². The highest BCUT2D eigenvalue weighted by Crippen LogP contribution is 2.11. The van der Waals surface area contributed by atoms with Gasteiger partial charge < -0.3 is 5.21 Å². The fourth-order valence-electron chi connectivity index (χ4n) is 1.91. The van der Waals surface area contributed by atoms with Gasteiger partial charge in [-0.3, -0.25) is 0 Å². The lowest BCUT2D eigenvalue weighted by Gasteiger charge is -2.01. The van der Waals surface area contributed by atoms with Gasteiger partial charge in [-0.25, -0.2) is 5.90 Å². The zero-order valence-corrected chi connectivity index (χ0v) is 11.5. The molecule has 0 heterocycles. The molecule has 0 radical (unpaired) electrons. The van der Waals surface area contributed by atoms with Gasteiger partial charge in [-0.1, -0.05) is 90.9 Å². The van der Waals surface area contributed by atoms with Crippen molar-refractivity contribution in [1.82, 2.24) is 0 Å². The summed E-state index contributed by atoms with van der Waals surface area (Å²) in [5, 5.41) is 6.50. The summed E-state index contributed by atoms with van der Waals surface area (Å²) in [4.78, 5) is 0. The minimum absolute atomic E-state index is 1.37. The van der Waals surface area contributed by atoms with Crippen LogP contribution in [0.1, 0.15) is 90.9 Å². The molecular formula is C14H33NO. The number of hydrogen-bond acceptors (Lipinski definition) is 2. The standard InChI is InChI=1S/C14H30.H3NO/c1-3-5-7-9-11-13-14-12-10-8-6-4-2;1-2/h3-14H2,1-2H3;2H,1H2. The van der Waals surface area contributed by atoms with Crippen molar-refractivity contribution in [3.05, 3.63) is 0 Å². The largest absolute Gasteiger partial charge is 0.320 e. The molecule has 0 aromatic heterocycles. The van der Waals surface area contributed by atoms with Crippen molar-refractivity contribution in [2.24, 2.45) is 5.90 Å². The van der Waals surface area contributed by atoms with Gasteiger partial charge in [0.05, 0.1) is 0 Å². The maximum atomic E-state index is 6.50. The molecule has 0 unspecified atom stereocenters. The Morgan fingerprint density at radius 2 is 0.688 bits per heavy atom. The molecule has 0 aromatic carbocycles. The molecule has 0 aliphatic rings. The van der Waals surface area contributed by atoms with Gasteiger partial charge in [-0.2, -0.15) is 0 Å². The molecule has 0 aliphatic heterocycles. The van der Waals surface area contributed by atoms with E-state index in [4.69, 9.17) is 5.21 Å². The fourth-order valence-corrected chi connectivity index (χ4v) is 1.91. The van der Waals surface area contributed by atoms with Gasteiger partial charge in [-0.15, -0.1) is 0 Å². The summed E-state index contributed by atoms with van der Waals surface area (Å²) in [6.07, 6.45) is 17.4. The van der Waals surface area contributed by atoms with Crippen LogP contribution < -0.4 is 5.90 Å². The van der Waals surface area contributed by atoms with Gasteiger partial charge >= 0.3 is 0 Å². The molecule has 0 saturated carbocycles. The van der Waals surface area contributed by atoms with Crippen LogP contribution in [0.15, 0.2) is 0 Å². The molecule has 0 spiro atoms. The Labute approximate surface area is 103 Å². The highest BCUT2D eigenvalue weighted by molar-refractivity contribution is 4.47. The van der Waals surface area contributed by atoms with E-state index in [1.54, 1.807) is 0 Å². The number of unbranched alkanes of at least 4 members (excludes halogenated alkanes) is 11. The van der Waals surface area contributed by atoms with E-state index in [1.165, 1.54) is 77.0 Å². The van der Waals surface area contributed by atoms with Gasteiger partial charge in [0.2, 0.25) is 0 Å². The van der Waals surface area contributed by atoms with E-state index in [-0.39, 0.29) is 0 Å². The van der Waals surface area contributed by atoms with Crippen molar-refractivity contribution in [1.29, 1.82) is 0 Å². The lowest BCUT2D eigenvalue weighted by molar-refractivity contribution is 0.311. The Balaban J connectivity index is 0. The summed E-state index contributed by atoms with van der Waals surface area (Å²) < 4.78 is 0. The third-order valence-corrected chi connectivity index (χ3v) is 2.96. The second-order valence-electron chi connectivity index (χ2n) is 4.54. The summed E-state index contributed by atoms with van der Waals surface area (Å²) in [5.74, 6) is 3.50. The monoisotopic (exact) mass is 231 g/mol. The molecule has 3 N–H and O–H groups in total. The first-order valence-electron chi connectivity index (χ1n) is 7.17.